The zero-order chi connectivity index (χ0) is 19.3. The van der Waals surface area contributed by atoms with E-state index in [1.165, 1.54) is 5.56 Å². The fraction of sp³-hybridized carbons (Fsp3) is 0.227. The molecule has 0 aliphatic heterocycles. The fourth-order valence-electron chi connectivity index (χ4n) is 3.47. The van der Waals surface area contributed by atoms with E-state index in [4.69, 9.17) is 0 Å². The molecule has 1 amide bonds. The minimum Gasteiger partial charge on any atom is -0.356 e. The van der Waals surface area contributed by atoms with Gasteiger partial charge in [0.25, 0.3) is 5.56 Å². The minimum atomic E-state index is -0.0827. The van der Waals surface area contributed by atoms with Crippen molar-refractivity contribution in [1.29, 1.82) is 0 Å². The highest BCUT2D eigenvalue weighted by Crippen LogP contribution is 2.13. The van der Waals surface area contributed by atoms with Gasteiger partial charge in [0.15, 0.2) is 5.65 Å². The second kappa shape index (κ2) is 8.08. The van der Waals surface area contributed by atoms with E-state index >= 15 is 0 Å². The van der Waals surface area contributed by atoms with Crippen LogP contribution in [-0.2, 0) is 17.8 Å². The normalized spacial score (nSPS) is 11.1. The number of hydrogen-bond acceptors (Lipinski definition) is 3. The average Bonchev–Trinajstić information content (AvgIpc) is 3.22. The van der Waals surface area contributed by atoms with E-state index in [-0.39, 0.29) is 11.5 Å². The molecule has 0 saturated carbocycles. The molecule has 142 valence electrons. The summed E-state index contributed by atoms with van der Waals surface area (Å²) in [5.41, 5.74) is 3.26. The number of rotatable bonds is 7. The summed E-state index contributed by atoms with van der Waals surface area (Å²) < 4.78 is 3.53. The van der Waals surface area contributed by atoms with Crippen LogP contribution in [-0.4, -0.2) is 26.4 Å². The Balaban J connectivity index is 1.39. The van der Waals surface area contributed by atoms with Gasteiger partial charge in [-0.3, -0.25) is 14.2 Å². The number of carbonyl (C=O) groups is 1. The molecule has 0 radical (unpaired) electrons. The van der Waals surface area contributed by atoms with Crippen LogP contribution in [0.25, 0.3) is 16.7 Å². The summed E-state index contributed by atoms with van der Waals surface area (Å²) >= 11 is 0. The predicted molar refractivity (Wildman–Crippen MR) is 109 cm³/mol. The van der Waals surface area contributed by atoms with E-state index in [9.17, 15) is 9.59 Å². The molecule has 4 aromatic rings. The number of amides is 1. The molecule has 0 aliphatic rings. The number of hydrogen-bond donors (Lipinski definition) is 1. The van der Waals surface area contributed by atoms with E-state index in [2.05, 4.69) is 22.4 Å². The highest BCUT2D eigenvalue weighted by molar-refractivity contribution is 5.76. The summed E-state index contributed by atoms with van der Waals surface area (Å²) in [5, 5.41) is 2.95. The van der Waals surface area contributed by atoms with Crippen molar-refractivity contribution in [2.24, 2.45) is 0 Å². The van der Waals surface area contributed by atoms with Gasteiger partial charge in [-0.2, -0.15) is 0 Å². The molecule has 3 heterocycles. The van der Waals surface area contributed by atoms with Crippen molar-refractivity contribution < 1.29 is 4.79 Å². The van der Waals surface area contributed by atoms with E-state index < -0.39 is 0 Å². The monoisotopic (exact) mass is 374 g/mol. The summed E-state index contributed by atoms with van der Waals surface area (Å²) in [4.78, 5) is 29.3. The summed E-state index contributed by atoms with van der Waals surface area (Å²) in [5.74, 6) is 0.00464. The van der Waals surface area contributed by atoms with Gasteiger partial charge in [0.05, 0.1) is 5.52 Å². The summed E-state index contributed by atoms with van der Waals surface area (Å²) in [6.45, 7) is 1.07. The number of fused-ring (bicyclic) bond motifs is 3. The van der Waals surface area contributed by atoms with E-state index in [0.717, 1.165) is 11.9 Å². The van der Waals surface area contributed by atoms with Crippen LogP contribution in [0.15, 0.2) is 71.8 Å². The third-order valence-corrected chi connectivity index (χ3v) is 4.86. The minimum absolute atomic E-state index is 0.00464. The molecule has 0 unspecified atom stereocenters. The Bertz CT molecular complexity index is 1160. The molecule has 0 aliphatic carbocycles. The van der Waals surface area contributed by atoms with Crippen LogP contribution in [0.3, 0.4) is 0 Å². The Morgan fingerprint density at radius 1 is 1.00 bits per heavy atom. The Kier molecular flexibility index (Phi) is 5.19. The molecule has 1 aromatic carbocycles. The van der Waals surface area contributed by atoms with Crippen LogP contribution in [0.4, 0.5) is 0 Å². The number of aromatic nitrogens is 3. The van der Waals surface area contributed by atoms with Crippen molar-refractivity contribution in [3.8, 4) is 0 Å². The fourth-order valence-corrected chi connectivity index (χ4v) is 3.47. The van der Waals surface area contributed by atoms with Crippen LogP contribution >= 0.6 is 0 Å². The lowest BCUT2D eigenvalue weighted by molar-refractivity contribution is -0.121. The first-order valence-electron chi connectivity index (χ1n) is 9.49. The van der Waals surface area contributed by atoms with Gasteiger partial charge < -0.3 is 9.72 Å². The highest BCUT2D eigenvalue weighted by atomic mass is 16.1. The van der Waals surface area contributed by atoms with Gasteiger partial charge in [0, 0.05) is 31.9 Å². The second-order valence-electron chi connectivity index (χ2n) is 6.76. The number of nitrogens with zero attached hydrogens (tertiary/aromatic N) is 3. The molecule has 1 N–H and O–H groups in total. The molecule has 3 aromatic heterocycles. The van der Waals surface area contributed by atoms with E-state index in [0.29, 0.717) is 37.1 Å². The third-order valence-electron chi connectivity index (χ3n) is 4.86. The molecule has 0 atom stereocenters. The van der Waals surface area contributed by atoms with Crippen molar-refractivity contribution >= 4 is 22.6 Å². The lowest BCUT2D eigenvalue weighted by atomic mass is 10.1. The van der Waals surface area contributed by atoms with Gasteiger partial charge >= 0.3 is 0 Å². The van der Waals surface area contributed by atoms with Gasteiger partial charge in [-0.1, -0.05) is 30.3 Å². The zero-order valence-electron chi connectivity index (χ0n) is 15.5. The van der Waals surface area contributed by atoms with E-state index in [1.807, 2.05) is 53.1 Å². The number of benzene rings is 1. The second-order valence-corrected chi connectivity index (χ2v) is 6.76. The van der Waals surface area contributed by atoms with Gasteiger partial charge in [-0.05, 0) is 42.7 Å². The summed E-state index contributed by atoms with van der Waals surface area (Å²) in [6.07, 6.45) is 5.32. The molecule has 0 spiro atoms. The lowest BCUT2D eigenvalue weighted by Crippen LogP contribution is -2.27. The predicted octanol–water partition coefficient (Wildman–Crippen LogP) is 2.79. The first-order valence-corrected chi connectivity index (χ1v) is 9.49. The molecule has 0 bridgehead atoms. The SMILES string of the molecule is O=C(CCCn1c(=O)c2cccn2c2cccnc21)NCCc1ccccc1. The van der Waals surface area contributed by atoms with Gasteiger partial charge in [0.2, 0.25) is 5.91 Å². The van der Waals surface area contributed by atoms with Crippen molar-refractivity contribution in [1.82, 2.24) is 19.3 Å². The molecule has 4 rings (SSSR count). The smallest absolute Gasteiger partial charge is 0.276 e. The zero-order valence-corrected chi connectivity index (χ0v) is 15.5. The molecule has 28 heavy (non-hydrogen) atoms. The first-order chi connectivity index (χ1) is 13.7. The molecule has 6 nitrogen and oxygen atoms in total. The third kappa shape index (κ3) is 3.67. The van der Waals surface area contributed by atoms with Crippen LogP contribution in [0, 0.1) is 0 Å². The maximum atomic E-state index is 12.8. The van der Waals surface area contributed by atoms with Crippen molar-refractivity contribution in [3.63, 3.8) is 0 Å². The van der Waals surface area contributed by atoms with Crippen LogP contribution in [0.5, 0.6) is 0 Å². The molecular formula is C22H22N4O2. The Morgan fingerprint density at radius 3 is 2.68 bits per heavy atom. The summed E-state index contributed by atoms with van der Waals surface area (Å²) in [6, 6.07) is 17.5. The quantitative estimate of drug-likeness (QED) is 0.541. The molecule has 0 saturated heterocycles. The van der Waals surface area contributed by atoms with Gasteiger partial charge in [-0.15, -0.1) is 0 Å². The number of pyridine rings is 1. The average molecular weight is 374 g/mol. The highest BCUT2D eigenvalue weighted by Gasteiger charge is 2.11. The Hall–Kier alpha value is -3.41. The van der Waals surface area contributed by atoms with Crippen LogP contribution in [0.1, 0.15) is 18.4 Å². The molecule has 0 fully saturated rings. The lowest BCUT2D eigenvalue weighted by Gasteiger charge is -2.11. The Labute approximate surface area is 162 Å². The van der Waals surface area contributed by atoms with Gasteiger partial charge in [-0.25, -0.2) is 4.98 Å². The topological polar surface area (TPSA) is 68.4 Å². The maximum absolute atomic E-state index is 12.8. The standard InChI is InChI=1S/C22H22N4O2/c27-20(23-14-12-17-7-2-1-3-8-17)11-6-16-26-21-18(9-4-13-24-21)25-15-5-10-19(25)22(26)28/h1-5,7-10,13,15H,6,11-12,14,16H2,(H,23,27). The molecular weight excluding hydrogens is 352 g/mol. The largest absolute Gasteiger partial charge is 0.356 e. The number of aryl methyl sites for hydroxylation is 1. The molecule has 6 heteroatoms. The van der Waals surface area contributed by atoms with Crippen LogP contribution in [0.2, 0.25) is 0 Å². The maximum Gasteiger partial charge on any atom is 0.276 e. The van der Waals surface area contributed by atoms with Crippen molar-refractivity contribution in [3.05, 3.63) is 82.9 Å². The van der Waals surface area contributed by atoms with Crippen LogP contribution < -0.4 is 10.9 Å². The Morgan fingerprint density at radius 2 is 1.82 bits per heavy atom. The summed E-state index contributed by atoms with van der Waals surface area (Å²) in [7, 11) is 0. The number of nitrogens with one attached hydrogen (secondary N) is 1. The van der Waals surface area contributed by atoms with E-state index in [1.54, 1.807) is 10.8 Å². The van der Waals surface area contributed by atoms with Crippen molar-refractivity contribution in [2.45, 2.75) is 25.8 Å². The van der Waals surface area contributed by atoms with Crippen molar-refractivity contribution in [2.75, 3.05) is 6.54 Å². The number of carbonyl (C=O) groups excluding carboxylic acids is 1. The van der Waals surface area contributed by atoms with Gasteiger partial charge in [0.1, 0.15) is 5.52 Å². The first kappa shape index (κ1) is 18.0.